The Kier molecular flexibility index (Phi) is 8.40. The molecule has 2 aromatic heterocycles. The van der Waals surface area contributed by atoms with Crippen molar-refractivity contribution in [2.75, 3.05) is 6.26 Å². The standard InChI is InChI=1S/C30H23F6N3O4S/c1-15-37-26(30(34,35)36)13-39(15)24-9-6-18(19-11-23(31)22(14-40)25(12-19)44(3)41)10-21(24)28-27(38-16(2)42-28)17-4-7-20(8-5-17)43-29(32)33/h4-13,29,40H,14H2,1-3H3. The first-order valence-electron chi connectivity index (χ1n) is 12.8. The molecule has 3 aromatic carbocycles. The molecule has 0 aliphatic rings. The fourth-order valence-electron chi connectivity index (χ4n) is 4.75. The number of nitrogens with zero attached hydrogens (tertiary/aromatic N) is 3. The first-order valence-corrected chi connectivity index (χ1v) is 14.4. The van der Waals surface area contributed by atoms with Crippen LogP contribution in [0.4, 0.5) is 26.3 Å². The maximum absolute atomic E-state index is 15.0. The van der Waals surface area contributed by atoms with Gasteiger partial charge >= 0.3 is 12.8 Å². The quantitative estimate of drug-likeness (QED) is 0.178. The van der Waals surface area contributed by atoms with Gasteiger partial charge in [0, 0.05) is 41.0 Å². The molecule has 44 heavy (non-hydrogen) atoms. The van der Waals surface area contributed by atoms with Gasteiger partial charge in [0.2, 0.25) is 0 Å². The zero-order valence-corrected chi connectivity index (χ0v) is 24.1. The number of aromatic nitrogens is 3. The summed E-state index contributed by atoms with van der Waals surface area (Å²) >= 11 is 0. The topological polar surface area (TPSA) is 90.4 Å². The van der Waals surface area contributed by atoms with Crippen LogP contribution < -0.4 is 4.74 Å². The van der Waals surface area contributed by atoms with E-state index in [1.807, 2.05) is 0 Å². The van der Waals surface area contributed by atoms with Crippen LogP contribution in [0.1, 0.15) is 23.0 Å². The predicted molar refractivity (Wildman–Crippen MR) is 149 cm³/mol. The van der Waals surface area contributed by atoms with Crippen molar-refractivity contribution < 1.29 is 44.8 Å². The summed E-state index contributed by atoms with van der Waals surface area (Å²) in [4.78, 5) is 8.18. The number of alkyl halides is 5. The number of ether oxygens (including phenoxy) is 1. The van der Waals surface area contributed by atoms with E-state index in [1.165, 1.54) is 54.1 Å². The Labute approximate surface area is 249 Å². The Bertz CT molecular complexity index is 1870. The highest BCUT2D eigenvalue weighted by atomic mass is 32.2. The molecule has 1 unspecified atom stereocenters. The molecule has 7 nitrogen and oxygen atoms in total. The minimum atomic E-state index is -4.72. The van der Waals surface area contributed by atoms with Crippen LogP contribution >= 0.6 is 0 Å². The van der Waals surface area contributed by atoms with Crippen molar-refractivity contribution in [3.8, 4) is 45.1 Å². The van der Waals surface area contributed by atoms with E-state index in [9.17, 15) is 35.7 Å². The maximum atomic E-state index is 15.0. The Morgan fingerprint density at radius 3 is 2.27 bits per heavy atom. The van der Waals surface area contributed by atoms with Crippen molar-refractivity contribution in [1.82, 2.24) is 14.5 Å². The molecule has 2 heterocycles. The number of aryl methyl sites for hydroxylation is 2. The lowest BCUT2D eigenvalue weighted by Crippen LogP contribution is -2.05. The van der Waals surface area contributed by atoms with Gasteiger partial charge in [-0.25, -0.2) is 14.4 Å². The van der Waals surface area contributed by atoms with Crippen molar-refractivity contribution in [3.05, 3.63) is 89.6 Å². The van der Waals surface area contributed by atoms with E-state index < -0.39 is 41.7 Å². The van der Waals surface area contributed by atoms with Gasteiger partial charge in [-0.15, -0.1) is 0 Å². The number of hydrogen-bond acceptors (Lipinski definition) is 6. The third kappa shape index (κ3) is 6.13. The van der Waals surface area contributed by atoms with Crippen molar-refractivity contribution in [2.24, 2.45) is 0 Å². The van der Waals surface area contributed by atoms with Crippen LogP contribution in [-0.4, -0.2) is 36.7 Å². The summed E-state index contributed by atoms with van der Waals surface area (Å²) in [5.74, 6) is -0.558. The smallest absolute Gasteiger partial charge is 0.434 e. The number of aliphatic hydroxyl groups excluding tert-OH is 1. The molecule has 0 saturated heterocycles. The highest BCUT2D eigenvalue weighted by Crippen LogP contribution is 2.40. The first-order chi connectivity index (χ1) is 20.8. The fourth-order valence-corrected chi connectivity index (χ4v) is 5.55. The second kappa shape index (κ2) is 11.9. The summed E-state index contributed by atoms with van der Waals surface area (Å²) in [6, 6.07) is 12.8. The number of hydrogen-bond donors (Lipinski definition) is 1. The van der Waals surface area contributed by atoms with Gasteiger partial charge in [-0.1, -0.05) is 6.07 Å². The molecule has 0 aliphatic heterocycles. The summed E-state index contributed by atoms with van der Waals surface area (Å²) in [5.41, 5.74) is 0.557. The Morgan fingerprint density at radius 1 is 1.00 bits per heavy atom. The third-order valence-corrected chi connectivity index (χ3v) is 7.70. The number of rotatable bonds is 8. The molecular formula is C30H23F6N3O4S. The SMILES string of the molecule is Cc1nc(-c2ccc(OC(F)F)cc2)c(-c2cc(-c3cc(F)c(CO)c(S(C)=O)c3)ccc2-n2cc(C(F)(F)F)nc2C)o1. The number of oxazole rings is 1. The van der Waals surface area contributed by atoms with Crippen molar-refractivity contribution >= 4 is 10.8 Å². The molecule has 1 N–H and O–H groups in total. The molecule has 0 radical (unpaired) electrons. The zero-order chi connectivity index (χ0) is 31.9. The van der Waals surface area contributed by atoms with Crippen molar-refractivity contribution in [1.29, 1.82) is 0 Å². The average molecular weight is 636 g/mol. The minimum Gasteiger partial charge on any atom is -0.440 e. The highest BCUT2D eigenvalue weighted by molar-refractivity contribution is 7.84. The lowest BCUT2D eigenvalue weighted by Gasteiger charge is -2.15. The predicted octanol–water partition coefficient (Wildman–Crippen LogP) is 7.47. The van der Waals surface area contributed by atoms with E-state index >= 15 is 0 Å². The minimum absolute atomic E-state index is 0.0135. The van der Waals surface area contributed by atoms with E-state index in [2.05, 4.69) is 14.7 Å². The molecule has 1 atom stereocenters. The molecule has 0 amide bonds. The molecular weight excluding hydrogens is 612 g/mol. The summed E-state index contributed by atoms with van der Waals surface area (Å²) in [6.45, 7) is -0.750. The fraction of sp³-hybridized carbons (Fsp3) is 0.200. The normalized spacial score (nSPS) is 12.6. The second-order valence-corrected chi connectivity index (χ2v) is 11.0. The van der Waals surface area contributed by atoms with Crippen LogP contribution in [0.15, 0.2) is 70.1 Å². The van der Waals surface area contributed by atoms with Crippen LogP contribution in [0.3, 0.4) is 0 Å². The van der Waals surface area contributed by atoms with Crippen LogP contribution in [-0.2, 0) is 23.6 Å². The molecule has 0 aliphatic carbocycles. The number of aliphatic hydroxyl groups is 1. The number of benzene rings is 3. The Morgan fingerprint density at radius 2 is 1.68 bits per heavy atom. The van der Waals surface area contributed by atoms with Gasteiger partial charge in [0.05, 0.1) is 23.1 Å². The maximum Gasteiger partial charge on any atom is 0.434 e. The van der Waals surface area contributed by atoms with E-state index in [-0.39, 0.29) is 56.2 Å². The van der Waals surface area contributed by atoms with Gasteiger partial charge in [-0.2, -0.15) is 22.0 Å². The van der Waals surface area contributed by atoms with Gasteiger partial charge in [0.25, 0.3) is 0 Å². The third-order valence-electron chi connectivity index (χ3n) is 6.72. The van der Waals surface area contributed by atoms with Crippen LogP contribution in [0.5, 0.6) is 5.75 Å². The second-order valence-electron chi connectivity index (χ2n) is 9.63. The summed E-state index contributed by atoms with van der Waals surface area (Å²) in [7, 11) is -1.65. The Balaban J connectivity index is 1.75. The van der Waals surface area contributed by atoms with Crippen LogP contribution in [0, 0.1) is 19.7 Å². The van der Waals surface area contributed by atoms with E-state index in [1.54, 1.807) is 19.1 Å². The molecule has 0 spiro atoms. The summed E-state index contributed by atoms with van der Waals surface area (Å²) in [6.07, 6.45) is -2.54. The number of halogens is 6. The first kappa shape index (κ1) is 31.0. The zero-order valence-electron chi connectivity index (χ0n) is 23.2. The van der Waals surface area contributed by atoms with Gasteiger partial charge in [-0.3, -0.25) is 4.21 Å². The van der Waals surface area contributed by atoms with Crippen molar-refractivity contribution in [2.45, 2.75) is 38.1 Å². The van der Waals surface area contributed by atoms with Gasteiger partial charge < -0.3 is 18.8 Å². The van der Waals surface area contributed by atoms with Crippen LogP contribution in [0.25, 0.3) is 39.4 Å². The van der Waals surface area contributed by atoms with Gasteiger partial charge in [0.15, 0.2) is 17.3 Å². The Hall–Kier alpha value is -4.43. The highest BCUT2D eigenvalue weighted by Gasteiger charge is 2.35. The average Bonchev–Trinajstić information content (AvgIpc) is 3.55. The molecule has 230 valence electrons. The summed E-state index contributed by atoms with van der Waals surface area (Å²) < 4.78 is 105. The van der Waals surface area contributed by atoms with E-state index in [0.717, 1.165) is 12.3 Å². The van der Waals surface area contributed by atoms with Crippen molar-refractivity contribution in [3.63, 3.8) is 0 Å². The largest absolute Gasteiger partial charge is 0.440 e. The molecule has 5 aromatic rings. The molecule has 5 rings (SSSR count). The molecule has 0 bridgehead atoms. The van der Waals surface area contributed by atoms with E-state index in [0.29, 0.717) is 11.1 Å². The monoisotopic (exact) mass is 635 g/mol. The van der Waals surface area contributed by atoms with Gasteiger partial charge in [0.1, 0.15) is 23.1 Å². The number of imidazole rings is 1. The van der Waals surface area contributed by atoms with E-state index in [4.69, 9.17) is 4.42 Å². The molecule has 0 saturated carbocycles. The lowest BCUT2D eigenvalue weighted by molar-refractivity contribution is -0.141. The van der Waals surface area contributed by atoms with Crippen LogP contribution in [0.2, 0.25) is 0 Å². The summed E-state index contributed by atoms with van der Waals surface area (Å²) in [5, 5.41) is 9.62. The lowest BCUT2D eigenvalue weighted by atomic mass is 9.97. The molecule has 14 heteroatoms. The van der Waals surface area contributed by atoms with Gasteiger partial charge in [-0.05, 0) is 66.6 Å². The molecule has 0 fully saturated rings.